The molecule has 0 atom stereocenters. The third-order valence-corrected chi connectivity index (χ3v) is 6.63. The number of amides is 1. The Morgan fingerprint density at radius 1 is 0.962 bits per heavy atom. The molecule has 1 aliphatic rings. The van der Waals surface area contributed by atoms with E-state index >= 15 is 0 Å². The molecule has 0 aliphatic carbocycles. The first-order valence-corrected chi connectivity index (χ1v) is 9.87. The van der Waals surface area contributed by atoms with E-state index in [1.165, 1.54) is 11.4 Å². The van der Waals surface area contributed by atoms with Crippen molar-refractivity contribution in [3.8, 4) is 5.75 Å². The van der Waals surface area contributed by atoms with Crippen molar-refractivity contribution in [1.29, 1.82) is 0 Å². The second-order valence-electron chi connectivity index (χ2n) is 6.16. The van der Waals surface area contributed by atoms with E-state index in [9.17, 15) is 13.2 Å². The Hall–Kier alpha value is -2.38. The maximum Gasteiger partial charge on any atom is 0.257 e. The second-order valence-corrected chi connectivity index (χ2v) is 8.07. The van der Waals surface area contributed by atoms with Gasteiger partial charge in [-0.15, -0.1) is 0 Å². The fourth-order valence-electron chi connectivity index (χ4n) is 3.11. The lowest BCUT2D eigenvalue weighted by Gasteiger charge is -2.34. The van der Waals surface area contributed by atoms with Crippen LogP contribution in [0.3, 0.4) is 0 Å². The summed E-state index contributed by atoms with van der Waals surface area (Å²) in [6.07, 6.45) is 0. The van der Waals surface area contributed by atoms with Gasteiger partial charge in [-0.25, -0.2) is 8.42 Å². The molecule has 0 radical (unpaired) electrons. The summed E-state index contributed by atoms with van der Waals surface area (Å²) in [5.74, 6) is 0.378. The summed E-state index contributed by atoms with van der Waals surface area (Å²) in [6, 6.07) is 14.0. The fraction of sp³-hybridized carbons (Fsp3) is 0.316. The van der Waals surface area contributed by atoms with Crippen molar-refractivity contribution in [2.24, 2.45) is 0 Å². The van der Waals surface area contributed by atoms with Crippen LogP contribution in [0.15, 0.2) is 53.4 Å². The molecule has 3 rings (SSSR count). The average molecular weight is 374 g/mol. The number of carbonyl (C=O) groups is 1. The summed E-state index contributed by atoms with van der Waals surface area (Å²) in [5, 5.41) is 0. The van der Waals surface area contributed by atoms with Gasteiger partial charge in [0.2, 0.25) is 10.0 Å². The van der Waals surface area contributed by atoms with Gasteiger partial charge in [0, 0.05) is 26.2 Å². The highest BCUT2D eigenvalue weighted by Crippen LogP contribution is 2.23. The zero-order valence-corrected chi connectivity index (χ0v) is 15.7. The Balaban J connectivity index is 1.73. The smallest absolute Gasteiger partial charge is 0.257 e. The highest BCUT2D eigenvalue weighted by Gasteiger charge is 2.31. The van der Waals surface area contributed by atoms with Gasteiger partial charge in [-0.05, 0) is 30.7 Å². The predicted octanol–water partition coefficient (Wildman–Crippen LogP) is 2.15. The maximum atomic E-state index is 12.9. The van der Waals surface area contributed by atoms with E-state index in [4.69, 9.17) is 4.74 Å². The second kappa shape index (κ2) is 7.47. The van der Waals surface area contributed by atoms with Crippen molar-refractivity contribution < 1.29 is 17.9 Å². The van der Waals surface area contributed by atoms with Gasteiger partial charge in [-0.2, -0.15) is 4.31 Å². The summed E-state index contributed by atoms with van der Waals surface area (Å²) in [4.78, 5) is 14.7. The van der Waals surface area contributed by atoms with Crippen LogP contribution in [0.5, 0.6) is 5.75 Å². The lowest BCUT2D eigenvalue weighted by Crippen LogP contribution is -2.50. The molecule has 1 aliphatic heterocycles. The summed E-state index contributed by atoms with van der Waals surface area (Å²) >= 11 is 0. The number of hydrogen-bond donors (Lipinski definition) is 0. The highest BCUT2D eigenvalue weighted by atomic mass is 32.2. The van der Waals surface area contributed by atoms with Crippen LogP contribution >= 0.6 is 0 Å². The molecule has 0 unspecified atom stereocenters. The number of hydrogen-bond acceptors (Lipinski definition) is 4. The van der Waals surface area contributed by atoms with Crippen LogP contribution in [-0.4, -0.2) is 56.8 Å². The third kappa shape index (κ3) is 3.45. The SMILES string of the molecule is COc1ccccc1C(=O)N1CCN(S(=O)(=O)c2ccccc2C)CC1. The van der Waals surface area contributed by atoms with E-state index in [2.05, 4.69) is 0 Å². The standard InChI is InChI=1S/C19H22N2O4S/c1-15-7-3-6-10-18(15)26(23,24)21-13-11-20(12-14-21)19(22)16-8-4-5-9-17(16)25-2/h3-10H,11-14H2,1-2H3. The van der Waals surface area contributed by atoms with Crippen LogP contribution in [-0.2, 0) is 10.0 Å². The van der Waals surface area contributed by atoms with Gasteiger partial charge in [0.1, 0.15) is 5.75 Å². The Labute approximate surface area is 154 Å². The summed E-state index contributed by atoms with van der Waals surface area (Å²) in [5.41, 5.74) is 1.21. The van der Waals surface area contributed by atoms with Crippen molar-refractivity contribution in [1.82, 2.24) is 9.21 Å². The van der Waals surface area contributed by atoms with Crippen LogP contribution in [0.1, 0.15) is 15.9 Å². The summed E-state index contributed by atoms with van der Waals surface area (Å²) in [7, 11) is -2.02. The van der Waals surface area contributed by atoms with Gasteiger partial charge >= 0.3 is 0 Å². The first kappa shape index (κ1) is 18.4. The maximum absolute atomic E-state index is 12.9. The zero-order valence-electron chi connectivity index (χ0n) is 14.9. The molecular formula is C19H22N2O4S. The molecule has 0 spiro atoms. The molecular weight excluding hydrogens is 352 g/mol. The number of piperazine rings is 1. The number of aryl methyl sites for hydroxylation is 1. The fourth-order valence-corrected chi connectivity index (χ4v) is 4.76. The number of carbonyl (C=O) groups excluding carboxylic acids is 1. The van der Waals surface area contributed by atoms with Crippen LogP contribution in [0.25, 0.3) is 0 Å². The van der Waals surface area contributed by atoms with Gasteiger partial charge in [-0.1, -0.05) is 30.3 Å². The summed E-state index contributed by atoms with van der Waals surface area (Å²) in [6.45, 7) is 3.04. The third-order valence-electron chi connectivity index (χ3n) is 4.57. The van der Waals surface area contributed by atoms with Crippen LogP contribution in [0.2, 0.25) is 0 Å². The van der Waals surface area contributed by atoms with E-state index in [0.717, 1.165) is 5.56 Å². The lowest BCUT2D eigenvalue weighted by atomic mass is 10.1. The van der Waals surface area contributed by atoms with Gasteiger partial charge < -0.3 is 9.64 Å². The van der Waals surface area contributed by atoms with Crippen LogP contribution in [0, 0.1) is 6.92 Å². The van der Waals surface area contributed by atoms with Gasteiger partial charge in [0.25, 0.3) is 5.91 Å². The van der Waals surface area contributed by atoms with Crippen molar-refractivity contribution >= 4 is 15.9 Å². The number of nitrogens with zero attached hydrogens (tertiary/aromatic N) is 2. The Kier molecular flexibility index (Phi) is 5.29. The predicted molar refractivity (Wildman–Crippen MR) is 98.8 cm³/mol. The molecule has 1 heterocycles. The number of sulfonamides is 1. The Morgan fingerprint density at radius 2 is 1.58 bits per heavy atom. The molecule has 0 N–H and O–H groups in total. The monoisotopic (exact) mass is 374 g/mol. The molecule has 1 amide bonds. The number of rotatable bonds is 4. The molecule has 26 heavy (non-hydrogen) atoms. The zero-order chi connectivity index (χ0) is 18.7. The topological polar surface area (TPSA) is 66.9 Å². The molecule has 0 saturated carbocycles. The highest BCUT2D eigenvalue weighted by molar-refractivity contribution is 7.89. The van der Waals surface area contributed by atoms with Crippen molar-refractivity contribution in [3.05, 3.63) is 59.7 Å². The van der Waals surface area contributed by atoms with E-state index in [0.29, 0.717) is 29.3 Å². The number of ether oxygens (including phenoxy) is 1. The Morgan fingerprint density at radius 3 is 2.23 bits per heavy atom. The molecule has 6 nitrogen and oxygen atoms in total. The van der Waals surface area contributed by atoms with Gasteiger partial charge in [0.05, 0.1) is 17.6 Å². The molecule has 1 fully saturated rings. The van der Waals surface area contributed by atoms with E-state index < -0.39 is 10.0 Å². The first-order valence-electron chi connectivity index (χ1n) is 8.43. The first-order chi connectivity index (χ1) is 12.4. The molecule has 138 valence electrons. The number of para-hydroxylation sites is 1. The quantitative estimate of drug-likeness (QED) is 0.822. The van der Waals surface area contributed by atoms with Gasteiger partial charge in [-0.3, -0.25) is 4.79 Å². The molecule has 2 aromatic rings. The minimum absolute atomic E-state index is 0.143. The average Bonchev–Trinajstić information content (AvgIpc) is 2.67. The Bertz CT molecular complexity index is 903. The van der Waals surface area contributed by atoms with E-state index in [1.807, 2.05) is 12.1 Å². The van der Waals surface area contributed by atoms with Crippen molar-refractivity contribution in [3.63, 3.8) is 0 Å². The molecule has 0 aromatic heterocycles. The van der Waals surface area contributed by atoms with Crippen LogP contribution < -0.4 is 4.74 Å². The lowest BCUT2D eigenvalue weighted by molar-refractivity contribution is 0.0694. The van der Waals surface area contributed by atoms with Crippen molar-refractivity contribution in [2.75, 3.05) is 33.3 Å². The normalized spacial score (nSPS) is 15.7. The minimum atomic E-state index is -3.55. The summed E-state index contributed by atoms with van der Waals surface area (Å²) < 4.78 is 32.4. The van der Waals surface area contributed by atoms with E-state index in [1.54, 1.807) is 48.2 Å². The molecule has 0 bridgehead atoms. The minimum Gasteiger partial charge on any atom is -0.496 e. The number of benzene rings is 2. The van der Waals surface area contributed by atoms with Gasteiger partial charge in [0.15, 0.2) is 0 Å². The molecule has 7 heteroatoms. The van der Waals surface area contributed by atoms with E-state index in [-0.39, 0.29) is 19.0 Å². The number of methoxy groups -OCH3 is 1. The molecule has 1 saturated heterocycles. The van der Waals surface area contributed by atoms with Crippen molar-refractivity contribution in [2.45, 2.75) is 11.8 Å². The molecule has 2 aromatic carbocycles. The largest absolute Gasteiger partial charge is 0.496 e. The van der Waals surface area contributed by atoms with Crippen LogP contribution in [0.4, 0.5) is 0 Å².